The van der Waals surface area contributed by atoms with Crippen LogP contribution in [0.2, 0.25) is 0 Å². The van der Waals surface area contributed by atoms with E-state index in [1.807, 2.05) is 6.07 Å². The van der Waals surface area contributed by atoms with E-state index in [9.17, 15) is 18.4 Å². The summed E-state index contributed by atoms with van der Waals surface area (Å²) in [6.45, 7) is 1.31. The Morgan fingerprint density at radius 3 is 2.27 bits per heavy atom. The van der Waals surface area contributed by atoms with Crippen LogP contribution in [0.1, 0.15) is 17.3 Å². The minimum Gasteiger partial charge on any atom is -0.350 e. The standard InChI is InChI=1S/C19H15F2N3O2/c1-11(25)16-17(12-6-4-3-5-7-12)23-24(2)19(26)18(16)22-15-9-13(20)8-14(21)10-15/h3-10,22H,1-2H3. The number of ketones is 1. The van der Waals surface area contributed by atoms with Crippen LogP contribution in [0.25, 0.3) is 11.3 Å². The first-order valence-corrected chi connectivity index (χ1v) is 7.77. The summed E-state index contributed by atoms with van der Waals surface area (Å²) < 4.78 is 28.0. The van der Waals surface area contributed by atoms with Crippen molar-refractivity contribution in [2.24, 2.45) is 7.05 Å². The normalized spacial score (nSPS) is 10.6. The molecule has 0 atom stereocenters. The molecule has 5 nitrogen and oxygen atoms in total. The molecule has 0 amide bonds. The third-order valence-electron chi connectivity index (χ3n) is 3.78. The lowest BCUT2D eigenvalue weighted by Gasteiger charge is -2.15. The van der Waals surface area contributed by atoms with Crippen molar-refractivity contribution in [3.63, 3.8) is 0 Å². The maximum atomic E-state index is 13.5. The number of carbonyl (C=O) groups is 1. The fraction of sp³-hybridized carbons (Fsp3) is 0.105. The predicted octanol–water partition coefficient (Wildman–Crippen LogP) is 3.67. The second-order valence-electron chi connectivity index (χ2n) is 5.73. The number of hydrogen-bond donors (Lipinski definition) is 1. The highest BCUT2D eigenvalue weighted by Crippen LogP contribution is 2.27. The van der Waals surface area contributed by atoms with Gasteiger partial charge in [0.15, 0.2) is 5.78 Å². The molecule has 0 unspecified atom stereocenters. The molecule has 0 spiro atoms. The van der Waals surface area contributed by atoms with Gasteiger partial charge in [-0.1, -0.05) is 30.3 Å². The molecule has 3 rings (SSSR count). The summed E-state index contributed by atoms with van der Waals surface area (Å²) in [6.07, 6.45) is 0. The van der Waals surface area contributed by atoms with Crippen molar-refractivity contribution in [3.8, 4) is 11.3 Å². The summed E-state index contributed by atoms with van der Waals surface area (Å²) in [5.74, 6) is -1.99. The molecule has 132 valence electrons. The van der Waals surface area contributed by atoms with Crippen LogP contribution in [-0.4, -0.2) is 15.6 Å². The molecule has 1 aromatic heterocycles. The zero-order chi connectivity index (χ0) is 18.8. The molecule has 2 aromatic carbocycles. The molecule has 1 N–H and O–H groups in total. The molecule has 1 heterocycles. The fourth-order valence-corrected chi connectivity index (χ4v) is 2.66. The molecule has 0 bridgehead atoms. The zero-order valence-corrected chi connectivity index (χ0v) is 14.1. The zero-order valence-electron chi connectivity index (χ0n) is 14.1. The van der Waals surface area contributed by atoms with Gasteiger partial charge in [-0.3, -0.25) is 9.59 Å². The molecule has 0 saturated heterocycles. The lowest BCUT2D eigenvalue weighted by Crippen LogP contribution is -2.26. The number of nitrogens with zero attached hydrogens (tertiary/aromatic N) is 2. The van der Waals surface area contributed by atoms with Gasteiger partial charge in [0.2, 0.25) is 0 Å². The van der Waals surface area contributed by atoms with Crippen molar-refractivity contribution in [1.82, 2.24) is 9.78 Å². The van der Waals surface area contributed by atoms with Crippen molar-refractivity contribution in [2.75, 3.05) is 5.32 Å². The van der Waals surface area contributed by atoms with E-state index in [2.05, 4.69) is 10.4 Å². The molecule has 0 aliphatic carbocycles. The summed E-state index contributed by atoms with van der Waals surface area (Å²) in [5, 5.41) is 6.88. The number of benzene rings is 2. The van der Waals surface area contributed by atoms with E-state index in [1.165, 1.54) is 14.0 Å². The Bertz CT molecular complexity index is 1030. The Morgan fingerprint density at radius 1 is 1.08 bits per heavy atom. The Balaban J connectivity index is 2.25. The second-order valence-corrected chi connectivity index (χ2v) is 5.73. The molecule has 26 heavy (non-hydrogen) atoms. The number of rotatable bonds is 4. The average molecular weight is 355 g/mol. The third-order valence-corrected chi connectivity index (χ3v) is 3.78. The van der Waals surface area contributed by atoms with Crippen molar-refractivity contribution in [1.29, 1.82) is 0 Å². The van der Waals surface area contributed by atoms with Gasteiger partial charge >= 0.3 is 0 Å². The van der Waals surface area contributed by atoms with Gasteiger partial charge in [0.1, 0.15) is 23.0 Å². The van der Waals surface area contributed by atoms with Crippen molar-refractivity contribution < 1.29 is 13.6 Å². The molecule has 0 radical (unpaired) electrons. The van der Waals surface area contributed by atoms with Gasteiger partial charge in [0.05, 0.1) is 5.56 Å². The number of halogens is 2. The maximum absolute atomic E-state index is 13.5. The number of carbonyl (C=O) groups excluding carboxylic acids is 1. The second kappa shape index (κ2) is 6.87. The maximum Gasteiger partial charge on any atom is 0.290 e. The Kier molecular flexibility index (Phi) is 4.62. The molecule has 7 heteroatoms. The van der Waals surface area contributed by atoms with Crippen molar-refractivity contribution >= 4 is 17.2 Å². The Hall–Kier alpha value is -3.35. The van der Waals surface area contributed by atoms with Crippen LogP contribution in [0.5, 0.6) is 0 Å². The minimum atomic E-state index is -0.800. The predicted molar refractivity (Wildman–Crippen MR) is 94.6 cm³/mol. The highest BCUT2D eigenvalue weighted by atomic mass is 19.1. The summed E-state index contributed by atoms with van der Waals surface area (Å²) >= 11 is 0. The molecule has 0 saturated carbocycles. The first kappa shape index (κ1) is 17.5. The van der Waals surface area contributed by atoms with E-state index in [0.29, 0.717) is 11.3 Å². The topological polar surface area (TPSA) is 64.0 Å². The summed E-state index contributed by atoms with van der Waals surface area (Å²) in [6, 6.07) is 11.7. The van der Waals surface area contributed by atoms with Gasteiger partial charge in [0.25, 0.3) is 5.56 Å². The average Bonchev–Trinajstić information content (AvgIpc) is 2.58. The van der Waals surface area contributed by atoms with E-state index in [1.54, 1.807) is 24.3 Å². The van der Waals surface area contributed by atoms with Crippen LogP contribution in [0.4, 0.5) is 20.2 Å². The summed E-state index contributed by atoms with van der Waals surface area (Å²) in [7, 11) is 1.44. The number of Topliss-reactive ketones (excluding diaryl/α,β-unsaturated/α-hetero) is 1. The molecule has 0 fully saturated rings. The number of aryl methyl sites for hydroxylation is 1. The van der Waals surface area contributed by atoms with Gasteiger partial charge in [-0.25, -0.2) is 13.5 Å². The first-order chi connectivity index (χ1) is 12.4. The van der Waals surface area contributed by atoms with Gasteiger partial charge < -0.3 is 5.32 Å². The van der Waals surface area contributed by atoms with Crippen LogP contribution in [0.15, 0.2) is 53.3 Å². The third kappa shape index (κ3) is 3.37. The first-order valence-electron chi connectivity index (χ1n) is 7.77. The molecular weight excluding hydrogens is 340 g/mol. The number of aromatic nitrogens is 2. The fourth-order valence-electron chi connectivity index (χ4n) is 2.66. The summed E-state index contributed by atoms with van der Waals surface area (Å²) in [5.41, 5.74) is 0.357. The van der Waals surface area contributed by atoms with Crippen LogP contribution in [0.3, 0.4) is 0 Å². The Labute approximate surface area is 147 Å². The largest absolute Gasteiger partial charge is 0.350 e. The van der Waals surface area contributed by atoms with Crippen LogP contribution < -0.4 is 10.9 Å². The minimum absolute atomic E-state index is 0.0207. The van der Waals surface area contributed by atoms with Gasteiger partial charge in [0, 0.05) is 24.4 Å². The number of hydrogen-bond acceptors (Lipinski definition) is 4. The molecule has 3 aromatic rings. The molecule has 0 aliphatic rings. The van der Waals surface area contributed by atoms with Gasteiger partial charge in [-0.15, -0.1) is 0 Å². The van der Waals surface area contributed by atoms with E-state index in [4.69, 9.17) is 0 Å². The highest BCUT2D eigenvalue weighted by molar-refractivity contribution is 6.05. The van der Waals surface area contributed by atoms with Crippen LogP contribution in [0, 0.1) is 11.6 Å². The van der Waals surface area contributed by atoms with E-state index < -0.39 is 23.0 Å². The number of anilines is 2. The van der Waals surface area contributed by atoms with E-state index in [0.717, 1.165) is 22.9 Å². The smallest absolute Gasteiger partial charge is 0.290 e. The monoisotopic (exact) mass is 355 g/mol. The van der Waals surface area contributed by atoms with Crippen LogP contribution in [-0.2, 0) is 7.05 Å². The SMILES string of the molecule is CC(=O)c1c(-c2ccccc2)nn(C)c(=O)c1Nc1cc(F)cc(F)c1. The molecule has 0 aliphatic heterocycles. The summed E-state index contributed by atoms with van der Waals surface area (Å²) in [4.78, 5) is 24.8. The van der Waals surface area contributed by atoms with Crippen LogP contribution >= 0.6 is 0 Å². The van der Waals surface area contributed by atoms with Crippen molar-refractivity contribution in [3.05, 3.63) is 76.1 Å². The lowest BCUT2D eigenvalue weighted by molar-refractivity contribution is 0.101. The van der Waals surface area contributed by atoms with Crippen molar-refractivity contribution in [2.45, 2.75) is 6.92 Å². The highest BCUT2D eigenvalue weighted by Gasteiger charge is 2.21. The number of nitrogens with one attached hydrogen (secondary N) is 1. The van der Waals surface area contributed by atoms with Gasteiger partial charge in [-0.05, 0) is 19.1 Å². The van der Waals surface area contributed by atoms with E-state index in [-0.39, 0.29) is 16.9 Å². The quantitative estimate of drug-likeness (QED) is 0.725. The lowest BCUT2D eigenvalue weighted by atomic mass is 10.0. The van der Waals surface area contributed by atoms with E-state index >= 15 is 0 Å². The van der Waals surface area contributed by atoms with Gasteiger partial charge in [-0.2, -0.15) is 5.10 Å². The Morgan fingerprint density at radius 2 is 1.69 bits per heavy atom. The molecular formula is C19H15F2N3O2.